The van der Waals surface area contributed by atoms with E-state index in [9.17, 15) is 9.18 Å². The number of likely N-dealkylation sites (N-methyl/N-ethyl adjacent to an activating group) is 1. The first kappa shape index (κ1) is 23.5. The summed E-state index contributed by atoms with van der Waals surface area (Å²) in [6.07, 6.45) is 6.31. The summed E-state index contributed by atoms with van der Waals surface area (Å²) in [5, 5.41) is 9.37. The normalized spacial score (nSPS) is 25.7. The Morgan fingerprint density at radius 1 is 1.17 bits per heavy atom. The highest BCUT2D eigenvalue weighted by Crippen LogP contribution is 2.45. The lowest BCUT2D eigenvalue weighted by molar-refractivity contribution is -0.125. The molecule has 1 aromatic carbocycles. The van der Waals surface area contributed by atoms with Crippen molar-refractivity contribution in [2.75, 3.05) is 55.3 Å². The van der Waals surface area contributed by atoms with Gasteiger partial charge in [0.25, 0.3) is 0 Å². The molecule has 1 aromatic heterocycles. The molecule has 2 aromatic rings. The van der Waals surface area contributed by atoms with Crippen LogP contribution in [0.4, 0.5) is 27.5 Å². The summed E-state index contributed by atoms with van der Waals surface area (Å²) >= 11 is 0. The molecule has 1 aliphatic heterocycles. The van der Waals surface area contributed by atoms with Crippen molar-refractivity contribution in [3.05, 3.63) is 47.9 Å². The molecular formula is C26H34FN7O. The quantitative estimate of drug-likeness (QED) is 0.526. The second kappa shape index (κ2) is 9.81. The van der Waals surface area contributed by atoms with Gasteiger partial charge >= 0.3 is 0 Å². The zero-order chi connectivity index (χ0) is 24.5. The van der Waals surface area contributed by atoms with Crippen LogP contribution in [0.3, 0.4) is 0 Å². The maximum absolute atomic E-state index is 14.7. The Kier molecular flexibility index (Phi) is 6.60. The number of amides is 1. The molecule has 1 saturated heterocycles. The molecular weight excluding hydrogens is 445 g/mol. The molecule has 35 heavy (non-hydrogen) atoms. The van der Waals surface area contributed by atoms with Crippen molar-refractivity contribution in [3.63, 3.8) is 0 Å². The summed E-state index contributed by atoms with van der Waals surface area (Å²) in [5.74, 6) is 0.0311. The first-order valence-electron chi connectivity index (χ1n) is 12.5. The van der Waals surface area contributed by atoms with Gasteiger partial charge in [-0.1, -0.05) is 12.2 Å². The molecule has 186 valence electrons. The maximum atomic E-state index is 14.7. The molecule has 8 nitrogen and oxygen atoms in total. The van der Waals surface area contributed by atoms with Crippen LogP contribution in [0.25, 0.3) is 0 Å². The fourth-order valence-electron chi connectivity index (χ4n) is 5.62. The molecule has 0 radical (unpaired) electrons. The van der Waals surface area contributed by atoms with Gasteiger partial charge in [0.15, 0.2) is 11.6 Å². The van der Waals surface area contributed by atoms with E-state index < -0.39 is 5.82 Å². The van der Waals surface area contributed by atoms with Gasteiger partial charge in [0.1, 0.15) is 0 Å². The van der Waals surface area contributed by atoms with E-state index in [-0.39, 0.29) is 35.5 Å². The molecule has 1 saturated carbocycles. The highest BCUT2D eigenvalue weighted by atomic mass is 19.1. The summed E-state index contributed by atoms with van der Waals surface area (Å²) in [4.78, 5) is 26.0. The molecule has 0 spiro atoms. The second-order valence-corrected chi connectivity index (χ2v) is 9.85. The van der Waals surface area contributed by atoms with E-state index in [0.29, 0.717) is 12.5 Å². The lowest BCUT2D eigenvalue weighted by Crippen LogP contribution is -2.44. The minimum atomic E-state index is -0.529. The fourth-order valence-corrected chi connectivity index (χ4v) is 5.62. The molecule has 2 aliphatic carbocycles. The van der Waals surface area contributed by atoms with E-state index >= 15 is 0 Å². The van der Waals surface area contributed by atoms with Crippen molar-refractivity contribution < 1.29 is 9.18 Å². The number of rotatable bonds is 7. The van der Waals surface area contributed by atoms with Gasteiger partial charge < -0.3 is 25.8 Å². The molecule has 2 bridgehead atoms. The van der Waals surface area contributed by atoms with Crippen LogP contribution in [0.1, 0.15) is 18.9 Å². The van der Waals surface area contributed by atoms with E-state index in [1.807, 2.05) is 13.0 Å². The summed E-state index contributed by atoms with van der Waals surface area (Å²) in [6, 6.07) is 5.99. The summed E-state index contributed by atoms with van der Waals surface area (Å²) in [6.45, 7) is 8.71. The molecule has 9 heteroatoms. The summed E-state index contributed by atoms with van der Waals surface area (Å²) < 4.78 is 14.7. The monoisotopic (exact) mass is 479 g/mol. The van der Waals surface area contributed by atoms with Crippen LogP contribution in [-0.2, 0) is 4.79 Å². The Hall–Kier alpha value is -3.20. The number of carbonyl (C=O) groups excluding carboxylic acids is 1. The average Bonchev–Trinajstić information content (AvgIpc) is 3.44. The molecule has 2 heterocycles. The van der Waals surface area contributed by atoms with E-state index in [4.69, 9.17) is 0 Å². The van der Waals surface area contributed by atoms with Crippen molar-refractivity contribution in [2.45, 2.75) is 26.3 Å². The van der Waals surface area contributed by atoms with Gasteiger partial charge in [0, 0.05) is 50.1 Å². The lowest BCUT2D eigenvalue weighted by Gasteiger charge is -2.35. The largest absolute Gasteiger partial charge is 0.369 e. The zero-order valence-electron chi connectivity index (χ0n) is 20.6. The second-order valence-electron chi connectivity index (χ2n) is 9.85. The number of fused-ring (bicyclic) bond motifs is 2. The SMILES string of the molecule is CCNC(=O)C1C2C=CC(C2)C1Nc1nc(Nc2ccc(N3CCN(C)CC3)c(C)c2)ncc1F. The van der Waals surface area contributed by atoms with Crippen LogP contribution >= 0.6 is 0 Å². The number of anilines is 4. The molecule has 5 rings (SSSR count). The lowest BCUT2D eigenvalue weighted by atomic mass is 9.88. The van der Waals surface area contributed by atoms with E-state index in [2.05, 4.69) is 74.0 Å². The Morgan fingerprint density at radius 2 is 1.94 bits per heavy atom. The molecule has 1 amide bonds. The topological polar surface area (TPSA) is 85.4 Å². The smallest absolute Gasteiger partial charge is 0.229 e. The predicted molar refractivity (Wildman–Crippen MR) is 136 cm³/mol. The van der Waals surface area contributed by atoms with Crippen molar-refractivity contribution in [2.24, 2.45) is 17.8 Å². The number of aryl methyl sites for hydroxylation is 1. The number of benzene rings is 1. The minimum absolute atomic E-state index is 0.00516. The fraction of sp³-hybridized carbons (Fsp3) is 0.500. The van der Waals surface area contributed by atoms with Gasteiger partial charge in [-0.05, 0) is 62.9 Å². The standard InChI is InChI=1S/C26H34FN7O/c1-4-28-25(35)22-17-5-6-18(14-17)23(22)31-24-20(27)15-29-26(32-24)30-19-7-8-21(16(2)13-19)34-11-9-33(3)10-12-34/h5-8,13,15,17-18,22-23H,4,9-12,14H2,1-3H3,(H,28,35)(H2,29,30,31,32). The van der Waals surface area contributed by atoms with Crippen LogP contribution in [0, 0.1) is 30.5 Å². The molecule has 4 atom stereocenters. The number of nitrogens with zero attached hydrogens (tertiary/aromatic N) is 4. The van der Waals surface area contributed by atoms with Gasteiger partial charge in [-0.15, -0.1) is 0 Å². The van der Waals surface area contributed by atoms with Gasteiger partial charge in [0.2, 0.25) is 11.9 Å². The third-order valence-corrected chi connectivity index (χ3v) is 7.46. The zero-order valence-corrected chi connectivity index (χ0v) is 20.6. The number of halogens is 1. The summed E-state index contributed by atoms with van der Waals surface area (Å²) in [5.41, 5.74) is 3.24. The van der Waals surface area contributed by atoms with Crippen molar-refractivity contribution in [1.29, 1.82) is 0 Å². The number of hydrogen-bond donors (Lipinski definition) is 3. The van der Waals surface area contributed by atoms with Gasteiger partial charge in [-0.3, -0.25) is 4.79 Å². The van der Waals surface area contributed by atoms with Crippen LogP contribution in [0.2, 0.25) is 0 Å². The minimum Gasteiger partial charge on any atom is -0.369 e. The number of allylic oxidation sites excluding steroid dienone is 1. The van der Waals surface area contributed by atoms with Crippen molar-refractivity contribution in [3.8, 4) is 0 Å². The van der Waals surface area contributed by atoms with Crippen LogP contribution in [-0.4, -0.2) is 66.6 Å². The van der Waals surface area contributed by atoms with Crippen LogP contribution in [0.15, 0.2) is 36.5 Å². The highest BCUT2D eigenvalue weighted by molar-refractivity contribution is 5.81. The Balaban J connectivity index is 1.30. The number of carbonyl (C=O) groups is 1. The predicted octanol–water partition coefficient (Wildman–Crippen LogP) is 3.16. The Morgan fingerprint density at radius 3 is 2.69 bits per heavy atom. The van der Waals surface area contributed by atoms with E-state index in [1.165, 1.54) is 17.4 Å². The average molecular weight is 480 g/mol. The Bertz CT molecular complexity index is 1110. The van der Waals surface area contributed by atoms with E-state index in [0.717, 1.165) is 38.3 Å². The van der Waals surface area contributed by atoms with Gasteiger partial charge in [-0.2, -0.15) is 4.98 Å². The van der Waals surface area contributed by atoms with Crippen LogP contribution < -0.4 is 20.9 Å². The van der Waals surface area contributed by atoms with Crippen molar-refractivity contribution in [1.82, 2.24) is 20.2 Å². The first-order valence-corrected chi connectivity index (χ1v) is 12.5. The first-order chi connectivity index (χ1) is 16.9. The third kappa shape index (κ3) is 4.82. The highest BCUT2D eigenvalue weighted by Gasteiger charge is 2.48. The molecule has 2 fully saturated rings. The maximum Gasteiger partial charge on any atom is 0.229 e. The van der Waals surface area contributed by atoms with E-state index in [1.54, 1.807) is 0 Å². The molecule has 4 unspecified atom stereocenters. The van der Waals surface area contributed by atoms with Gasteiger partial charge in [0.05, 0.1) is 12.1 Å². The van der Waals surface area contributed by atoms with Crippen LogP contribution in [0.5, 0.6) is 0 Å². The number of hydrogen-bond acceptors (Lipinski definition) is 7. The molecule has 3 aliphatic rings. The number of nitrogens with one attached hydrogen (secondary N) is 3. The van der Waals surface area contributed by atoms with Gasteiger partial charge in [-0.25, -0.2) is 9.37 Å². The Labute approximate surface area is 206 Å². The summed E-state index contributed by atoms with van der Waals surface area (Å²) in [7, 11) is 2.15. The third-order valence-electron chi connectivity index (χ3n) is 7.46. The number of piperazine rings is 1. The number of aromatic nitrogens is 2. The molecule has 3 N–H and O–H groups in total. The van der Waals surface area contributed by atoms with Crippen molar-refractivity contribution >= 4 is 29.0 Å².